The van der Waals surface area contributed by atoms with Gasteiger partial charge < -0.3 is 14.8 Å². The number of benzene rings is 1. The molecule has 0 saturated heterocycles. The summed E-state index contributed by atoms with van der Waals surface area (Å²) in [4.78, 5) is 14.0. The number of nitrogens with zero attached hydrogens (tertiary/aromatic N) is 2. The van der Waals surface area contributed by atoms with Gasteiger partial charge in [0.25, 0.3) is 5.91 Å². The van der Waals surface area contributed by atoms with Crippen molar-refractivity contribution in [2.45, 2.75) is 26.3 Å². The standard InChI is InChI=1S/C21H25N3O3S/c1-4-11-24-19(21(25)22-10-9-16-6-5-12-28-16)14-18(23-24)17-8-7-15(26-2)13-20(17)27-3/h5-8,12-14H,4,9-11H2,1-3H3,(H,22,25). The van der Waals surface area contributed by atoms with Gasteiger partial charge in [-0.1, -0.05) is 13.0 Å². The van der Waals surface area contributed by atoms with Gasteiger partial charge in [0.05, 0.1) is 19.9 Å². The number of ether oxygens (including phenoxy) is 2. The third-order valence-electron chi connectivity index (χ3n) is 4.37. The molecule has 1 N–H and O–H groups in total. The smallest absolute Gasteiger partial charge is 0.269 e. The zero-order chi connectivity index (χ0) is 19.9. The molecule has 7 heteroatoms. The van der Waals surface area contributed by atoms with E-state index in [1.807, 2.05) is 35.7 Å². The monoisotopic (exact) mass is 399 g/mol. The summed E-state index contributed by atoms with van der Waals surface area (Å²) in [5.74, 6) is 1.25. The van der Waals surface area contributed by atoms with Crippen LogP contribution in [0.3, 0.4) is 0 Å². The van der Waals surface area contributed by atoms with Crippen molar-refractivity contribution in [1.29, 1.82) is 0 Å². The number of nitrogens with one attached hydrogen (secondary N) is 1. The minimum atomic E-state index is -0.115. The molecule has 0 saturated carbocycles. The maximum absolute atomic E-state index is 12.7. The average Bonchev–Trinajstić information content (AvgIpc) is 3.37. The molecular weight excluding hydrogens is 374 g/mol. The highest BCUT2D eigenvalue weighted by molar-refractivity contribution is 7.09. The van der Waals surface area contributed by atoms with Crippen LogP contribution >= 0.6 is 11.3 Å². The van der Waals surface area contributed by atoms with Gasteiger partial charge in [0.1, 0.15) is 17.2 Å². The highest BCUT2D eigenvalue weighted by Gasteiger charge is 2.18. The number of amides is 1. The number of aryl methyl sites for hydroxylation is 1. The van der Waals surface area contributed by atoms with E-state index < -0.39 is 0 Å². The van der Waals surface area contributed by atoms with Gasteiger partial charge in [0.2, 0.25) is 0 Å². The lowest BCUT2D eigenvalue weighted by molar-refractivity contribution is 0.0943. The Morgan fingerprint density at radius 1 is 1.21 bits per heavy atom. The van der Waals surface area contributed by atoms with E-state index in [-0.39, 0.29) is 5.91 Å². The van der Waals surface area contributed by atoms with Gasteiger partial charge in [-0.25, -0.2) is 0 Å². The summed E-state index contributed by atoms with van der Waals surface area (Å²) in [5, 5.41) is 9.70. The minimum absolute atomic E-state index is 0.115. The van der Waals surface area contributed by atoms with Crippen LogP contribution in [0.5, 0.6) is 11.5 Å². The zero-order valence-electron chi connectivity index (χ0n) is 16.4. The summed E-state index contributed by atoms with van der Waals surface area (Å²) in [6.07, 6.45) is 1.71. The van der Waals surface area contributed by atoms with Gasteiger partial charge in [-0.3, -0.25) is 9.48 Å². The van der Waals surface area contributed by atoms with Crippen LogP contribution in [0.1, 0.15) is 28.7 Å². The first kappa shape index (κ1) is 19.9. The summed E-state index contributed by atoms with van der Waals surface area (Å²) >= 11 is 1.70. The molecule has 0 aliphatic carbocycles. The van der Waals surface area contributed by atoms with Crippen molar-refractivity contribution in [1.82, 2.24) is 15.1 Å². The average molecular weight is 400 g/mol. The molecule has 1 aromatic carbocycles. The molecular formula is C21H25N3O3S. The number of methoxy groups -OCH3 is 2. The van der Waals surface area contributed by atoms with Crippen molar-refractivity contribution in [2.75, 3.05) is 20.8 Å². The van der Waals surface area contributed by atoms with Gasteiger partial charge in [-0.05, 0) is 42.5 Å². The Labute approximate surface area is 169 Å². The van der Waals surface area contributed by atoms with Crippen LogP contribution < -0.4 is 14.8 Å². The Hall–Kier alpha value is -2.80. The molecule has 2 heterocycles. The number of hydrogen-bond acceptors (Lipinski definition) is 5. The topological polar surface area (TPSA) is 65.4 Å². The Kier molecular flexibility index (Phi) is 6.71. The molecule has 6 nitrogen and oxygen atoms in total. The van der Waals surface area contributed by atoms with E-state index in [9.17, 15) is 4.79 Å². The molecule has 0 fully saturated rings. The quantitative estimate of drug-likeness (QED) is 0.590. The van der Waals surface area contributed by atoms with Crippen LogP contribution in [0.4, 0.5) is 0 Å². The second-order valence-electron chi connectivity index (χ2n) is 6.29. The predicted octanol–water partition coefficient (Wildman–Crippen LogP) is 4.01. The number of carbonyl (C=O) groups is 1. The number of aromatic nitrogens is 2. The first-order valence-electron chi connectivity index (χ1n) is 9.27. The van der Waals surface area contributed by atoms with E-state index in [4.69, 9.17) is 9.47 Å². The summed E-state index contributed by atoms with van der Waals surface area (Å²) in [5.41, 5.74) is 2.09. The molecule has 1 amide bonds. The zero-order valence-corrected chi connectivity index (χ0v) is 17.2. The molecule has 0 radical (unpaired) electrons. The van der Waals surface area contributed by atoms with E-state index >= 15 is 0 Å². The van der Waals surface area contributed by atoms with Crippen LogP contribution in [-0.4, -0.2) is 36.5 Å². The highest BCUT2D eigenvalue weighted by atomic mass is 32.1. The minimum Gasteiger partial charge on any atom is -0.497 e. The van der Waals surface area contributed by atoms with Gasteiger partial charge in [-0.2, -0.15) is 5.10 Å². The Morgan fingerprint density at radius 3 is 2.75 bits per heavy atom. The van der Waals surface area contributed by atoms with E-state index in [1.165, 1.54) is 4.88 Å². The van der Waals surface area contributed by atoms with Crippen LogP contribution in [0.2, 0.25) is 0 Å². The molecule has 2 aromatic heterocycles. The number of hydrogen-bond donors (Lipinski definition) is 1. The second kappa shape index (κ2) is 9.41. The molecule has 148 valence electrons. The molecule has 0 aliphatic heterocycles. The Morgan fingerprint density at radius 2 is 2.07 bits per heavy atom. The predicted molar refractivity (Wildman–Crippen MR) is 111 cm³/mol. The van der Waals surface area contributed by atoms with Crippen LogP contribution in [-0.2, 0) is 13.0 Å². The molecule has 0 bridgehead atoms. The van der Waals surface area contributed by atoms with Crippen molar-refractivity contribution < 1.29 is 14.3 Å². The van der Waals surface area contributed by atoms with E-state index in [1.54, 1.807) is 30.2 Å². The SMILES string of the molecule is CCCn1nc(-c2ccc(OC)cc2OC)cc1C(=O)NCCc1cccs1. The van der Waals surface area contributed by atoms with Crippen molar-refractivity contribution in [2.24, 2.45) is 0 Å². The van der Waals surface area contributed by atoms with Crippen molar-refractivity contribution in [3.8, 4) is 22.8 Å². The van der Waals surface area contributed by atoms with Gasteiger partial charge in [-0.15, -0.1) is 11.3 Å². The first-order chi connectivity index (χ1) is 13.7. The van der Waals surface area contributed by atoms with E-state index in [0.717, 1.165) is 18.4 Å². The van der Waals surface area contributed by atoms with Crippen molar-refractivity contribution in [3.63, 3.8) is 0 Å². The Balaban J connectivity index is 1.82. The third kappa shape index (κ3) is 4.54. The maximum Gasteiger partial charge on any atom is 0.269 e. The number of carbonyl (C=O) groups excluding carboxylic acids is 1. The number of rotatable bonds is 9. The van der Waals surface area contributed by atoms with E-state index in [2.05, 4.69) is 23.4 Å². The molecule has 0 atom stereocenters. The largest absolute Gasteiger partial charge is 0.497 e. The fourth-order valence-electron chi connectivity index (χ4n) is 2.97. The summed E-state index contributed by atoms with van der Waals surface area (Å²) in [7, 11) is 3.22. The van der Waals surface area contributed by atoms with E-state index in [0.29, 0.717) is 36.0 Å². The lowest BCUT2D eigenvalue weighted by Crippen LogP contribution is -2.28. The van der Waals surface area contributed by atoms with Gasteiger partial charge in [0.15, 0.2) is 0 Å². The molecule has 0 unspecified atom stereocenters. The van der Waals surface area contributed by atoms with Gasteiger partial charge >= 0.3 is 0 Å². The van der Waals surface area contributed by atoms with Crippen LogP contribution in [0.25, 0.3) is 11.3 Å². The molecule has 0 spiro atoms. The van der Waals surface area contributed by atoms with Crippen molar-refractivity contribution in [3.05, 3.63) is 52.3 Å². The summed E-state index contributed by atoms with van der Waals surface area (Å²) in [6.45, 7) is 3.33. The summed E-state index contributed by atoms with van der Waals surface area (Å²) in [6, 6.07) is 11.5. The maximum atomic E-state index is 12.7. The fraction of sp³-hybridized carbons (Fsp3) is 0.333. The lowest BCUT2D eigenvalue weighted by atomic mass is 10.1. The third-order valence-corrected chi connectivity index (χ3v) is 5.31. The lowest BCUT2D eigenvalue weighted by Gasteiger charge is -2.08. The normalized spacial score (nSPS) is 10.7. The fourth-order valence-corrected chi connectivity index (χ4v) is 3.68. The summed E-state index contributed by atoms with van der Waals surface area (Å²) < 4.78 is 12.5. The molecule has 0 aliphatic rings. The van der Waals surface area contributed by atoms with Gasteiger partial charge in [0, 0.05) is 29.6 Å². The molecule has 3 rings (SSSR count). The van der Waals surface area contributed by atoms with Crippen LogP contribution in [0.15, 0.2) is 41.8 Å². The highest BCUT2D eigenvalue weighted by Crippen LogP contribution is 2.33. The molecule has 28 heavy (non-hydrogen) atoms. The number of thiophene rings is 1. The second-order valence-corrected chi connectivity index (χ2v) is 7.32. The van der Waals surface area contributed by atoms with Crippen molar-refractivity contribution >= 4 is 17.2 Å². The Bertz CT molecular complexity index is 919. The first-order valence-corrected chi connectivity index (χ1v) is 10.1. The van der Waals surface area contributed by atoms with Crippen LogP contribution in [0, 0.1) is 0 Å². The molecule has 3 aromatic rings.